The fourth-order valence-electron chi connectivity index (χ4n) is 3.44. The summed E-state index contributed by atoms with van der Waals surface area (Å²) in [6.07, 6.45) is 0.851. The SMILES string of the molecule is [C-]#[N+][C@@H](C[C@H](Cc1ccccc1)NS(=O)(=O)c1ccc(C)cc1)c1ccc(OC)cc1. The van der Waals surface area contributed by atoms with Crippen LogP contribution in [0.1, 0.15) is 29.2 Å². The van der Waals surface area contributed by atoms with Gasteiger partial charge in [0.1, 0.15) is 5.75 Å². The van der Waals surface area contributed by atoms with E-state index in [1.165, 1.54) is 0 Å². The maximum Gasteiger partial charge on any atom is 0.250 e. The number of aryl methyl sites for hydroxylation is 1. The third kappa shape index (κ3) is 6.17. The van der Waals surface area contributed by atoms with Crippen LogP contribution in [0, 0.1) is 13.5 Å². The lowest BCUT2D eigenvalue weighted by Gasteiger charge is -2.20. The molecule has 0 heterocycles. The van der Waals surface area contributed by atoms with Gasteiger partial charge in [-0.3, -0.25) is 0 Å². The molecular weight excluding hydrogens is 408 g/mol. The van der Waals surface area contributed by atoms with Crippen LogP contribution in [0.3, 0.4) is 0 Å². The van der Waals surface area contributed by atoms with Crippen molar-refractivity contribution in [1.82, 2.24) is 4.72 Å². The Kier molecular flexibility index (Phi) is 7.45. The predicted octanol–water partition coefficient (Wildman–Crippen LogP) is 4.94. The first-order valence-electron chi connectivity index (χ1n) is 10.0. The highest BCUT2D eigenvalue weighted by molar-refractivity contribution is 7.89. The summed E-state index contributed by atoms with van der Waals surface area (Å²) >= 11 is 0. The van der Waals surface area contributed by atoms with Gasteiger partial charge in [0.05, 0.1) is 12.0 Å². The van der Waals surface area contributed by atoms with E-state index >= 15 is 0 Å². The first-order chi connectivity index (χ1) is 14.9. The molecule has 0 saturated heterocycles. The van der Waals surface area contributed by atoms with Crippen LogP contribution in [0.2, 0.25) is 0 Å². The van der Waals surface area contributed by atoms with Gasteiger partial charge in [0.15, 0.2) is 0 Å². The van der Waals surface area contributed by atoms with Gasteiger partial charge in [-0.1, -0.05) is 48.0 Å². The second kappa shape index (κ2) is 10.3. The molecular formula is C25H26N2O3S. The van der Waals surface area contributed by atoms with E-state index in [4.69, 9.17) is 11.3 Å². The number of nitrogens with zero attached hydrogens (tertiary/aromatic N) is 1. The monoisotopic (exact) mass is 434 g/mol. The zero-order chi connectivity index (χ0) is 22.3. The fraction of sp³-hybridized carbons (Fsp3) is 0.240. The van der Waals surface area contributed by atoms with E-state index in [1.807, 2.05) is 61.5 Å². The lowest BCUT2D eigenvalue weighted by atomic mass is 9.96. The van der Waals surface area contributed by atoms with Crippen LogP contribution in [0.4, 0.5) is 0 Å². The van der Waals surface area contributed by atoms with Gasteiger partial charge in [0, 0.05) is 18.0 Å². The van der Waals surface area contributed by atoms with E-state index in [2.05, 4.69) is 9.57 Å². The quantitative estimate of drug-likeness (QED) is 0.485. The van der Waals surface area contributed by atoms with Gasteiger partial charge in [-0.15, -0.1) is 0 Å². The van der Waals surface area contributed by atoms with E-state index in [-0.39, 0.29) is 4.90 Å². The molecule has 0 radical (unpaired) electrons. The minimum absolute atomic E-state index is 0.222. The third-order valence-electron chi connectivity index (χ3n) is 5.14. The summed E-state index contributed by atoms with van der Waals surface area (Å²) in [7, 11) is -2.12. The number of ether oxygens (including phenoxy) is 1. The van der Waals surface area contributed by atoms with Gasteiger partial charge in [0.2, 0.25) is 16.1 Å². The summed E-state index contributed by atoms with van der Waals surface area (Å²) in [5, 5.41) is 0. The van der Waals surface area contributed by atoms with E-state index in [9.17, 15) is 8.42 Å². The van der Waals surface area contributed by atoms with Crippen molar-refractivity contribution in [1.29, 1.82) is 0 Å². The summed E-state index contributed by atoms with van der Waals surface area (Å²) in [6.45, 7) is 9.62. The maximum atomic E-state index is 13.0. The molecule has 3 rings (SSSR count). The summed E-state index contributed by atoms with van der Waals surface area (Å²) in [5.41, 5.74) is 2.84. The van der Waals surface area contributed by atoms with Crippen LogP contribution in [0.5, 0.6) is 5.75 Å². The molecule has 0 aliphatic heterocycles. The average molecular weight is 435 g/mol. The van der Waals surface area contributed by atoms with Crippen LogP contribution in [-0.4, -0.2) is 21.6 Å². The molecule has 3 aromatic carbocycles. The molecule has 31 heavy (non-hydrogen) atoms. The van der Waals surface area contributed by atoms with Gasteiger partial charge >= 0.3 is 0 Å². The van der Waals surface area contributed by atoms with Crippen molar-refractivity contribution in [2.24, 2.45) is 0 Å². The van der Waals surface area contributed by atoms with Gasteiger partial charge in [-0.2, -0.15) is 0 Å². The fourth-order valence-corrected chi connectivity index (χ4v) is 4.68. The molecule has 2 atom stereocenters. The molecule has 0 fully saturated rings. The van der Waals surface area contributed by atoms with E-state index < -0.39 is 22.1 Å². The second-order valence-corrected chi connectivity index (χ2v) is 9.19. The van der Waals surface area contributed by atoms with Gasteiger partial charge in [0.25, 0.3) is 0 Å². The maximum absolute atomic E-state index is 13.0. The summed E-state index contributed by atoms with van der Waals surface area (Å²) in [6, 6.07) is 22.9. The van der Waals surface area contributed by atoms with Crippen LogP contribution in [-0.2, 0) is 16.4 Å². The molecule has 0 aliphatic rings. The van der Waals surface area contributed by atoms with Crippen molar-refractivity contribution >= 4 is 10.0 Å². The Morgan fingerprint density at radius 1 is 0.968 bits per heavy atom. The molecule has 0 spiro atoms. The molecule has 0 amide bonds. The molecule has 0 aliphatic carbocycles. The molecule has 1 N–H and O–H groups in total. The Hall–Kier alpha value is -3.14. The molecule has 5 nitrogen and oxygen atoms in total. The molecule has 3 aromatic rings. The first-order valence-corrected chi connectivity index (χ1v) is 11.5. The largest absolute Gasteiger partial charge is 0.497 e. The number of benzene rings is 3. The Labute approximate surface area is 184 Å². The molecule has 0 unspecified atom stereocenters. The molecule has 6 heteroatoms. The Bertz CT molecular complexity index is 1120. The lowest BCUT2D eigenvalue weighted by Crippen LogP contribution is -2.37. The van der Waals surface area contributed by atoms with Crippen molar-refractivity contribution in [3.05, 3.63) is 107 Å². The lowest BCUT2D eigenvalue weighted by molar-refractivity contribution is 0.414. The number of nitrogens with one attached hydrogen (secondary N) is 1. The van der Waals surface area contributed by atoms with Crippen LogP contribution in [0.25, 0.3) is 4.85 Å². The summed E-state index contributed by atoms with van der Waals surface area (Å²) in [4.78, 5) is 4.01. The number of hydrogen-bond acceptors (Lipinski definition) is 3. The highest BCUT2D eigenvalue weighted by atomic mass is 32.2. The minimum atomic E-state index is -3.72. The Morgan fingerprint density at radius 3 is 2.19 bits per heavy atom. The van der Waals surface area contributed by atoms with Crippen LogP contribution in [0.15, 0.2) is 83.8 Å². The molecule has 0 bridgehead atoms. The highest BCUT2D eigenvalue weighted by Crippen LogP contribution is 2.27. The predicted molar refractivity (Wildman–Crippen MR) is 122 cm³/mol. The van der Waals surface area contributed by atoms with E-state index in [0.29, 0.717) is 18.6 Å². The third-order valence-corrected chi connectivity index (χ3v) is 6.68. The van der Waals surface area contributed by atoms with Crippen LogP contribution < -0.4 is 9.46 Å². The molecule has 0 aromatic heterocycles. The van der Waals surface area contributed by atoms with Crippen LogP contribution >= 0.6 is 0 Å². The number of rotatable bonds is 9. The minimum Gasteiger partial charge on any atom is -0.497 e. The Morgan fingerprint density at radius 2 is 1.61 bits per heavy atom. The zero-order valence-electron chi connectivity index (χ0n) is 17.7. The Balaban J connectivity index is 1.86. The zero-order valence-corrected chi connectivity index (χ0v) is 18.5. The molecule has 160 valence electrons. The topological polar surface area (TPSA) is 59.8 Å². The van der Waals surface area contributed by atoms with Gasteiger partial charge in [-0.25, -0.2) is 19.7 Å². The standard InChI is InChI=1S/C25H26N2O3S/c1-19-9-15-24(16-10-19)31(28,29)27-22(17-20-7-5-4-6-8-20)18-25(26-2)21-11-13-23(30-3)14-12-21/h4-16,22,25,27H,17-18H2,1,3H3/t22-,25-/m0/s1. The van der Waals surface area contributed by atoms with Crippen molar-refractivity contribution in [2.75, 3.05) is 7.11 Å². The van der Waals surface area contributed by atoms with Crippen molar-refractivity contribution < 1.29 is 13.2 Å². The van der Waals surface area contributed by atoms with Crippen molar-refractivity contribution in [2.45, 2.75) is 36.7 Å². The van der Waals surface area contributed by atoms with Gasteiger partial charge < -0.3 is 9.58 Å². The highest BCUT2D eigenvalue weighted by Gasteiger charge is 2.27. The van der Waals surface area contributed by atoms with Gasteiger partial charge in [-0.05, 0) is 55.3 Å². The van der Waals surface area contributed by atoms with E-state index in [0.717, 1.165) is 16.7 Å². The second-order valence-electron chi connectivity index (χ2n) is 7.47. The normalized spacial score (nSPS) is 13.2. The smallest absolute Gasteiger partial charge is 0.250 e. The average Bonchev–Trinajstić information content (AvgIpc) is 2.78. The summed E-state index contributed by atoms with van der Waals surface area (Å²) in [5.74, 6) is 0.716. The number of sulfonamides is 1. The van der Waals surface area contributed by atoms with Crippen molar-refractivity contribution in [3.63, 3.8) is 0 Å². The molecule has 0 saturated carbocycles. The summed E-state index contributed by atoms with van der Waals surface area (Å²) < 4.78 is 34.1. The van der Waals surface area contributed by atoms with E-state index in [1.54, 1.807) is 31.4 Å². The first kappa shape index (κ1) is 22.5. The number of methoxy groups -OCH3 is 1. The number of hydrogen-bond donors (Lipinski definition) is 1. The van der Waals surface area contributed by atoms with Crippen molar-refractivity contribution in [3.8, 4) is 5.75 Å².